The number of carbonyl (C=O) groups excluding carboxylic acids is 1. The predicted molar refractivity (Wildman–Crippen MR) is 118 cm³/mol. The van der Waals surface area contributed by atoms with Gasteiger partial charge in [0.1, 0.15) is 11.5 Å². The molecule has 1 saturated heterocycles. The lowest BCUT2D eigenvalue weighted by Gasteiger charge is -2.24. The Kier molecular flexibility index (Phi) is 6.24. The number of aromatic nitrogens is 1. The van der Waals surface area contributed by atoms with Gasteiger partial charge in [-0.25, -0.2) is 8.42 Å². The Morgan fingerprint density at radius 1 is 1.16 bits per heavy atom. The van der Waals surface area contributed by atoms with Crippen LogP contribution in [0.4, 0.5) is 0 Å². The summed E-state index contributed by atoms with van der Waals surface area (Å²) in [7, 11) is -3.95. The van der Waals surface area contributed by atoms with Crippen molar-refractivity contribution >= 4 is 38.2 Å². The molecule has 1 aliphatic heterocycles. The minimum atomic E-state index is -3.95. The lowest BCUT2D eigenvalue weighted by Crippen LogP contribution is -2.45. The number of ether oxygens (including phenoxy) is 1. The van der Waals surface area contributed by atoms with Crippen molar-refractivity contribution < 1.29 is 17.9 Å². The van der Waals surface area contributed by atoms with Gasteiger partial charge in [-0.2, -0.15) is 4.31 Å². The van der Waals surface area contributed by atoms with Gasteiger partial charge in [0.05, 0.1) is 22.7 Å². The van der Waals surface area contributed by atoms with Gasteiger partial charge in [-0.3, -0.25) is 9.78 Å². The SMILES string of the molecule is N[C@@H]1C(C(=O)CCOc2ccccc2)CCN1S(=O)(=O)c1cccc2cncc(Cl)c12. The molecule has 162 valence electrons. The van der Waals surface area contributed by atoms with E-state index < -0.39 is 22.1 Å². The molecule has 2 N–H and O–H groups in total. The molecular weight excluding hydrogens is 438 g/mol. The lowest BCUT2D eigenvalue weighted by molar-refractivity contribution is -0.123. The van der Waals surface area contributed by atoms with Gasteiger partial charge in [0.15, 0.2) is 0 Å². The van der Waals surface area contributed by atoms with Crippen molar-refractivity contribution in [3.05, 3.63) is 65.9 Å². The van der Waals surface area contributed by atoms with Crippen LogP contribution in [0.2, 0.25) is 5.02 Å². The van der Waals surface area contributed by atoms with E-state index in [2.05, 4.69) is 4.98 Å². The third-order valence-corrected chi connectivity index (χ3v) is 7.69. The highest BCUT2D eigenvalue weighted by molar-refractivity contribution is 7.89. The second-order valence-electron chi connectivity index (χ2n) is 7.35. The summed E-state index contributed by atoms with van der Waals surface area (Å²) in [4.78, 5) is 16.8. The summed E-state index contributed by atoms with van der Waals surface area (Å²) < 4.78 is 33.6. The first-order valence-corrected chi connectivity index (χ1v) is 11.7. The maximum atomic E-state index is 13.4. The van der Waals surface area contributed by atoms with Crippen LogP contribution in [0.25, 0.3) is 10.8 Å². The molecule has 1 aromatic heterocycles. The highest BCUT2D eigenvalue weighted by atomic mass is 35.5. The molecule has 2 heterocycles. The number of Topliss-reactive ketones (excluding diaryl/α,β-unsaturated/α-hetero) is 1. The molecule has 2 atom stereocenters. The molecule has 0 aliphatic carbocycles. The third kappa shape index (κ3) is 4.29. The summed E-state index contributed by atoms with van der Waals surface area (Å²) in [5.74, 6) is -0.0138. The van der Waals surface area contributed by atoms with Crippen LogP contribution in [0.1, 0.15) is 12.8 Å². The number of rotatable bonds is 7. The zero-order valence-corrected chi connectivity index (χ0v) is 18.2. The van der Waals surface area contributed by atoms with E-state index in [-0.39, 0.29) is 35.3 Å². The Hall–Kier alpha value is -2.52. The Morgan fingerprint density at radius 2 is 1.94 bits per heavy atom. The second-order valence-corrected chi connectivity index (χ2v) is 9.62. The number of para-hydroxylation sites is 1. The third-order valence-electron chi connectivity index (χ3n) is 5.46. The van der Waals surface area contributed by atoms with Gasteiger partial charge in [-0.1, -0.05) is 41.9 Å². The van der Waals surface area contributed by atoms with Gasteiger partial charge >= 0.3 is 0 Å². The van der Waals surface area contributed by atoms with Crippen LogP contribution in [0.15, 0.2) is 65.8 Å². The summed E-state index contributed by atoms with van der Waals surface area (Å²) >= 11 is 6.25. The van der Waals surface area contributed by atoms with Crippen LogP contribution in [0, 0.1) is 5.92 Å². The van der Waals surface area contributed by atoms with Gasteiger partial charge in [-0.05, 0) is 24.6 Å². The highest BCUT2D eigenvalue weighted by Crippen LogP contribution is 2.34. The van der Waals surface area contributed by atoms with E-state index in [0.29, 0.717) is 22.9 Å². The lowest BCUT2D eigenvalue weighted by atomic mass is 9.99. The highest BCUT2D eigenvalue weighted by Gasteiger charge is 2.43. The molecule has 7 nitrogen and oxygen atoms in total. The fraction of sp³-hybridized carbons (Fsp3) is 0.273. The fourth-order valence-corrected chi connectivity index (χ4v) is 6.02. The average Bonchev–Trinajstić information content (AvgIpc) is 3.16. The largest absolute Gasteiger partial charge is 0.493 e. The van der Waals surface area contributed by atoms with Crippen LogP contribution >= 0.6 is 11.6 Å². The number of hydrogen-bond donors (Lipinski definition) is 1. The Bertz CT molecular complexity index is 1200. The number of pyridine rings is 1. The van der Waals surface area contributed by atoms with E-state index in [1.807, 2.05) is 30.3 Å². The number of fused-ring (bicyclic) bond motifs is 1. The number of halogens is 1. The summed E-state index contributed by atoms with van der Waals surface area (Å²) in [6.45, 7) is 0.378. The Morgan fingerprint density at radius 3 is 2.71 bits per heavy atom. The molecule has 0 spiro atoms. The summed E-state index contributed by atoms with van der Waals surface area (Å²) in [5, 5.41) is 1.26. The van der Waals surface area contributed by atoms with E-state index in [4.69, 9.17) is 22.1 Å². The number of nitrogens with zero attached hydrogens (tertiary/aromatic N) is 2. The molecule has 4 rings (SSSR count). The van der Waals surface area contributed by atoms with E-state index in [0.717, 1.165) is 0 Å². The predicted octanol–water partition coefficient (Wildman–Crippen LogP) is 3.22. The van der Waals surface area contributed by atoms with Gasteiger partial charge in [0.2, 0.25) is 10.0 Å². The molecule has 9 heteroatoms. The second kappa shape index (κ2) is 8.92. The molecule has 0 amide bonds. The molecule has 0 radical (unpaired) electrons. The van der Waals surface area contributed by atoms with Crippen LogP contribution in [0.3, 0.4) is 0 Å². The average molecular weight is 460 g/mol. The van der Waals surface area contributed by atoms with Crippen LogP contribution in [-0.2, 0) is 14.8 Å². The first-order chi connectivity index (χ1) is 14.9. The molecule has 0 bridgehead atoms. The van der Waals surface area contributed by atoms with Gasteiger partial charge in [0.25, 0.3) is 0 Å². The van der Waals surface area contributed by atoms with Gasteiger partial charge < -0.3 is 10.5 Å². The zero-order valence-electron chi connectivity index (χ0n) is 16.6. The maximum absolute atomic E-state index is 13.4. The number of carbonyl (C=O) groups is 1. The molecule has 2 aromatic carbocycles. The minimum Gasteiger partial charge on any atom is -0.493 e. The smallest absolute Gasteiger partial charge is 0.245 e. The molecule has 1 fully saturated rings. The van der Waals surface area contributed by atoms with E-state index >= 15 is 0 Å². The van der Waals surface area contributed by atoms with Crippen molar-refractivity contribution in [2.24, 2.45) is 11.7 Å². The fourth-order valence-electron chi connectivity index (χ4n) is 3.89. The summed E-state index contributed by atoms with van der Waals surface area (Å²) in [6.07, 6.45) is 2.55. The van der Waals surface area contributed by atoms with Crippen LogP contribution in [0.5, 0.6) is 5.75 Å². The molecule has 1 unspecified atom stereocenters. The van der Waals surface area contributed by atoms with Crippen molar-refractivity contribution in [1.29, 1.82) is 0 Å². The topological polar surface area (TPSA) is 103 Å². The van der Waals surface area contributed by atoms with Gasteiger partial charge in [0, 0.05) is 42.0 Å². The van der Waals surface area contributed by atoms with Crippen molar-refractivity contribution in [2.45, 2.75) is 23.9 Å². The van der Waals surface area contributed by atoms with Gasteiger partial charge in [-0.15, -0.1) is 0 Å². The normalized spacial score (nSPS) is 19.5. The number of sulfonamides is 1. The van der Waals surface area contributed by atoms with Crippen molar-refractivity contribution in [3.8, 4) is 5.75 Å². The number of benzene rings is 2. The van der Waals surface area contributed by atoms with E-state index in [1.54, 1.807) is 18.3 Å². The van der Waals surface area contributed by atoms with Crippen molar-refractivity contribution in [1.82, 2.24) is 9.29 Å². The summed E-state index contributed by atoms with van der Waals surface area (Å²) in [5.41, 5.74) is 6.25. The molecular formula is C22H22ClN3O4S. The Balaban J connectivity index is 1.49. The minimum absolute atomic E-state index is 0.0633. The van der Waals surface area contributed by atoms with E-state index in [9.17, 15) is 13.2 Å². The quantitative estimate of drug-likeness (QED) is 0.582. The first-order valence-electron chi connectivity index (χ1n) is 9.90. The number of nitrogens with two attached hydrogens (primary N) is 1. The van der Waals surface area contributed by atoms with Crippen molar-refractivity contribution in [3.63, 3.8) is 0 Å². The first kappa shape index (κ1) is 21.7. The number of hydrogen-bond acceptors (Lipinski definition) is 6. The standard InChI is InChI=1S/C22H22ClN3O4S/c23-18-14-25-13-15-5-4-8-20(21(15)18)31(28,29)26-11-9-17(22(26)24)19(27)10-12-30-16-6-2-1-3-7-16/h1-8,13-14,17,22H,9-12,24H2/t17?,22-/m0/s1. The monoisotopic (exact) mass is 459 g/mol. The van der Waals surface area contributed by atoms with Crippen LogP contribution < -0.4 is 10.5 Å². The molecule has 0 saturated carbocycles. The van der Waals surface area contributed by atoms with Crippen LogP contribution in [-0.4, -0.2) is 42.8 Å². The zero-order chi connectivity index (χ0) is 22.0. The van der Waals surface area contributed by atoms with Crippen molar-refractivity contribution in [2.75, 3.05) is 13.2 Å². The van der Waals surface area contributed by atoms with E-state index in [1.165, 1.54) is 16.6 Å². The summed E-state index contributed by atoms with van der Waals surface area (Å²) in [6, 6.07) is 14.1. The Labute approximate surface area is 185 Å². The molecule has 31 heavy (non-hydrogen) atoms. The number of ketones is 1. The molecule has 1 aliphatic rings. The molecule has 3 aromatic rings. The maximum Gasteiger partial charge on any atom is 0.245 e.